The lowest BCUT2D eigenvalue weighted by Gasteiger charge is -2.32. The number of nitrogens with zero attached hydrogens (tertiary/aromatic N) is 1. The summed E-state index contributed by atoms with van der Waals surface area (Å²) < 4.78 is 0. The second kappa shape index (κ2) is 4.07. The van der Waals surface area contributed by atoms with Gasteiger partial charge in [0.25, 0.3) is 11.8 Å². The van der Waals surface area contributed by atoms with E-state index < -0.39 is 23.4 Å². The van der Waals surface area contributed by atoms with Crippen molar-refractivity contribution in [2.24, 2.45) is 4.99 Å². The van der Waals surface area contributed by atoms with E-state index in [1.165, 1.54) is 6.20 Å². The van der Waals surface area contributed by atoms with Crippen molar-refractivity contribution in [2.45, 2.75) is 18.4 Å². The Morgan fingerprint density at radius 3 is 2.47 bits per heavy atom. The fraction of sp³-hybridized carbons (Fsp3) is 0.333. The number of urea groups is 1. The molecule has 2 rings (SSSR count). The first-order valence-electron chi connectivity index (χ1n) is 4.86. The van der Waals surface area contributed by atoms with Gasteiger partial charge in [0.15, 0.2) is 0 Å². The van der Waals surface area contributed by atoms with Gasteiger partial charge in [-0.25, -0.2) is 4.79 Å². The fourth-order valence-corrected chi connectivity index (χ4v) is 1.69. The first-order chi connectivity index (χ1) is 8.08. The molecule has 8 nitrogen and oxygen atoms in total. The van der Waals surface area contributed by atoms with E-state index in [1.807, 2.05) is 10.6 Å². The molecule has 1 saturated heterocycles. The van der Waals surface area contributed by atoms with E-state index in [9.17, 15) is 14.4 Å². The molecule has 0 aromatic carbocycles. The van der Waals surface area contributed by atoms with Gasteiger partial charge in [-0.05, 0) is 5.57 Å². The number of carbonyl (C=O) groups is 3. The van der Waals surface area contributed by atoms with Gasteiger partial charge in [0, 0.05) is 25.3 Å². The Balaban J connectivity index is 2.25. The summed E-state index contributed by atoms with van der Waals surface area (Å²) in [4.78, 5) is 38.1. The summed E-state index contributed by atoms with van der Waals surface area (Å²) in [6.45, 7) is 0. The van der Waals surface area contributed by atoms with Gasteiger partial charge in [-0.3, -0.25) is 25.2 Å². The minimum absolute atomic E-state index is 0.0611. The highest BCUT2D eigenvalue weighted by atomic mass is 16.5. The fourth-order valence-electron chi connectivity index (χ4n) is 1.69. The summed E-state index contributed by atoms with van der Waals surface area (Å²) in [5.41, 5.74) is 0.510. The number of hydroxylamine groups is 1. The number of hydrogen-bond donors (Lipinski definition) is 4. The van der Waals surface area contributed by atoms with E-state index in [0.717, 1.165) is 0 Å². The lowest BCUT2D eigenvalue weighted by molar-refractivity contribution is -0.145. The molecule has 0 aromatic heterocycles. The smallest absolute Gasteiger partial charge is 0.315 e. The molecule has 0 aliphatic carbocycles. The number of rotatable bonds is 3. The molecule has 4 amide bonds. The summed E-state index contributed by atoms with van der Waals surface area (Å²) in [6.07, 6.45) is 3.56. The van der Waals surface area contributed by atoms with Crippen molar-refractivity contribution < 1.29 is 19.6 Å². The number of imide groups is 2. The number of carbonyl (C=O) groups excluding carboxylic acids is 3. The van der Waals surface area contributed by atoms with Crippen LogP contribution < -0.4 is 16.1 Å². The van der Waals surface area contributed by atoms with E-state index in [2.05, 4.69) is 4.99 Å². The molecule has 17 heavy (non-hydrogen) atoms. The molecule has 0 atom stereocenters. The summed E-state index contributed by atoms with van der Waals surface area (Å²) in [5.74, 6) is -1.77. The minimum Gasteiger partial charge on any atom is -0.315 e. The van der Waals surface area contributed by atoms with Crippen LogP contribution in [0, 0.1) is 0 Å². The number of barbiturate groups is 1. The Kier molecular flexibility index (Phi) is 2.74. The lowest BCUT2D eigenvalue weighted by Crippen LogP contribution is -2.72. The molecule has 2 aliphatic heterocycles. The van der Waals surface area contributed by atoms with Gasteiger partial charge >= 0.3 is 6.03 Å². The molecule has 1 fully saturated rings. The Morgan fingerprint density at radius 2 is 2.00 bits per heavy atom. The van der Waals surface area contributed by atoms with Crippen LogP contribution in [0.4, 0.5) is 4.79 Å². The number of amides is 4. The van der Waals surface area contributed by atoms with Crippen LogP contribution in [0.15, 0.2) is 16.8 Å². The highest BCUT2D eigenvalue weighted by Gasteiger charge is 2.50. The van der Waals surface area contributed by atoms with E-state index in [4.69, 9.17) is 5.21 Å². The Hall–Kier alpha value is -2.06. The van der Waals surface area contributed by atoms with Crippen LogP contribution in [-0.2, 0) is 9.59 Å². The standard InChI is InChI=1S/C9H10N4O4/c14-6-9(13-17,3-5-1-2-10-4-5)7(15)12-8(16)11-6/h2,4,13,17H,1,3H2,(H2,11,12,14,15,16). The Labute approximate surface area is 95.7 Å². The first-order valence-corrected chi connectivity index (χ1v) is 4.86. The largest absolute Gasteiger partial charge is 0.328 e. The zero-order chi connectivity index (χ0) is 12.5. The second-order valence-corrected chi connectivity index (χ2v) is 3.75. The van der Waals surface area contributed by atoms with Crippen molar-refractivity contribution >= 4 is 24.1 Å². The molecule has 0 aromatic rings. The van der Waals surface area contributed by atoms with Crippen molar-refractivity contribution in [1.29, 1.82) is 0 Å². The third-order valence-electron chi connectivity index (χ3n) is 2.63. The van der Waals surface area contributed by atoms with Gasteiger partial charge in [-0.2, -0.15) is 5.48 Å². The predicted octanol–water partition coefficient (Wildman–Crippen LogP) is -1.18. The first kappa shape index (κ1) is 11.4. The van der Waals surface area contributed by atoms with Crippen LogP contribution in [0.25, 0.3) is 0 Å². The molecule has 8 heteroatoms. The summed E-state index contributed by atoms with van der Waals surface area (Å²) in [6, 6.07) is -0.900. The molecule has 0 bridgehead atoms. The summed E-state index contributed by atoms with van der Waals surface area (Å²) in [7, 11) is 0. The highest BCUT2D eigenvalue weighted by Crippen LogP contribution is 2.23. The molecule has 90 valence electrons. The molecule has 0 spiro atoms. The van der Waals surface area contributed by atoms with Gasteiger partial charge < -0.3 is 5.21 Å². The van der Waals surface area contributed by atoms with Gasteiger partial charge in [-0.1, -0.05) is 0 Å². The van der Waals surface area contributed by atoms with E-state index in [1.54, 1.807) is 11.7 Å². The van der Waals surface area contributed by atoms with E-state index >= 15 is 0 Å². The van der Waals surface area contributed by atoms with Gasteiger partial charge in [0.05, 0.1) is 0 Å². The number of aliphatic imine (C=N–C) groups is 1. The van der Waals surface area contributed by atoms with Crippen LogP contribution in [0.1, 0.15) is 12.8 Å². The van der Waals surface area contributed by atoms with E-state index in [-0.39, 0.29) is 6.42 Å². The monoisotopic (exact) mass is 238 g/mol. The molecule has 0 radical (unpaired) electrons. The number of nitrogens with one attached hydrogen (secondary N) is 3. The number of hydrogen-bond acceptors (Lipinski definition) is 6. The molecule has 2 aliphatic rings. The van der Waals surface area contributed by atoms with E-state index in [0.29, 0.717) is 12.0 Å². The molecule has 2 heterocycles. The second-order valence-electron chi connectivity index (χ2n) is 3.75. The maximum Gasteiger partial charge on any atom is 0.328 e. The Morgan fingerprint density at radius 1 is 1.35 bits per heavy atom. The topological polar surface area (TPSA) is 120 Å². The molecule has 0 saturated carbocycles. The van der Waals surface area contributed by atoms with Gasteiger partial charge in [-0.15, -0.1) is 0 Å². The minimum atomic E-state index is -1.88. The van der Waals surface area contributed by atoms with Crippen LogP contribution in [0.3, 0.4) is 0 Å². The molecular formula is C9H10N4O4. The molecule has 4 N–H and O–H groups in total. The lowest BCUT2D eigenvalue weighted by atomic mass is 9.88. The highest BCUT2D eigenvalue weighted by molar-refractivity contribution is 6.22. The van der Waals surface area contributed by atoms with Gasteiger partial charge in [0.2, 0.25) is 5.54 Å². The van der Waals surface area contributed by atoms with Crippen LogP contribution in [0.5, 0.6) is 0 Å². The average Bonchev–Trinajstić information content (AvgIpc) is 2.76. The van der Waals surface area contributed by atoms with Crippen LogP contribution in [0.2, 0.25) is 0 Å². The van der Waals surface area contributed by atoms with Crippen molar-refractivity contribution in [3.05, 3.63) is 11.8 Å². The van der Waals surface area contributed by atoms with Crippen LogP contribution >= 0.6 is 0 Å². The SMILES string of the molecule is O=C1NC(=O)C(CC2=CN=CC2)(NO)C(=O)N1. The zero-order valence-corrected chi connectivity index (χ0v) is 8.69. The Bertz CT molecular complexity index is 434. The average molecular weight is 238 g/mol. The normalized spacial score (nSPS) is 22.2. The maximum atomic E-state index is 11.7. The predicted molar refractivity (Wildman–Crippen MR) is 55.1 cm³/mol. The third kappa shape index (κ3) is 1.83. The summed E-state index contributed by atoms with van der Waals surface area (Å²) >= 11 is 0. The zero-order valence-electron chi connectivity index (χ0n) is 8.69. The van der Waals surface area contributed by atoms with Crippen molar-refractivity contribution in [2.75, 3.05) is 0 Å². The maximum absolute atomic E-state index is 11.7. The van der Waals surface area contributed by atoms with Crippen molar-refractivity contribution in [3.63, 3.8) is 0 Å². The molecular weight excluding hydrogens is 228 g/mol. The summed E-state index contributed by atoms with van der Waals surface area (Å²) in [5, 5.41) is 12.9. The van der Waals surface area contributed by atoms with Crippen molar-refractivity contribution in [3.8, 4) is 0 Å². The molecule has 0 unspecified atom stereocenters. The third-order valence-corrected chi connectivity index (χ3v) is 2.63. The van der Waals surface area contributed by atoms with Crippen molar-refractivity contribution in [1.82, 2.24) is 16.1 Å². The van der Waals surface area contributed by atoms with Crippen LogP contribution in [-0.4, -0.2) is 34.8 Å². The quantitative estimate of drug-likeness (QED) is 0.364. The van der Waals surface area contributed by atoms with Gasteiger partial charge in [0.1, 0.15) is 0 Å².